The van der Waals surface area contributed by atoms with Crippen LogP contribution in [0.25, 0.3) is 10.9 Å². The van der Waals surface area contributed by atoms with Crippen LogP contribution in [0.4, 0.5) is 4.39 Å². The molecule has 2 amide bonds. The molecule has 1 aliphatic rings. The van der Waals surface area contributed by atoms with Gasteiger partial charge in [0.15, 0.2) is 0 Å². The zero-order valence-corrected chi connectivity index (χ0v) is 15.2. The molecule has 3 rings (SSSR count). The molecule has 1 aromatic carbocycles. The predicted molar refractivity (Wildman–Crippen MR) is 96.4 cm³/mol. The van der Waals surface area contributed by atoms with E-state index in [0.29, 0.717) is 12.1 Å². The molecule has 1 fully saturated rings. The van der Waals surface area contributed by atoms with Gasteiger partial charge in [0.2, 0.25) is 11.8 Å². The summed E-state index contributed by atoms with van der Waals surface area (Å²) in [5.74, 6) is -2.70. The number of fused-ring (bicyclic) bond motifs is 1. The van der Waals surface area contributed by atoms with Crippen LogP contribution < -0.4 is 5.32 Å². The van der Waals surface area contributed by atoms with Crippen molar-refractivity contribution >= 4 is 28.7 Å². The van der Waals surface area contributed by atoms with Crippen molar-refractivity contribution < 1.29 is 23.9 Å². The molecule has 1 aromatic heterocycles. The normalized spacial score (nSPS) is 20.6. The molecule has 0 bridgehead atoms. The average Bonchev–Trinajstić information content (AvgIpc) is 3.16. The van der Waals surface area contributed by atoms with Crippen LogP contribution in [0.1, 0.15) is 19.4 Å². The van der Waals surface area contributed by atoms with Gasteiger partial charge in [0.1, 0.15) is 11.9 Å². The van der Waals surface area contributed by atoms with Crippen LogP contribution in [-0.4, -0.2) is 51.9 Å². The van der Waals surface area contributed by atoms with Crippen molar-refractivity contribution in [3.8, 4) is 0 Å². The molecule has 144 valence electrons. The van der Waals surface area contributed by atoms with Crippen LogP contribution in [0.15, 0.2) is 24.4 Å². The standard InChI is InChI=1S/C19H22FN3O4/c1-10-8-23(9-15(10)19(26)27)18(25)17(22-11(2)24)5-12-7-21-16-6-13(20)3-4-14(12)16/h3-4,6-7,10,15,17,21H,5,8-9H2,1-2H3,(H,22,24)(H,26,27)/t10-,15-,17?/m1/s1. The highest BCUT2D eigenvalue weighted by Gasteiger charge is 2.39. The van der Waals surface area contributed by atoms with E-state index in [9.17, 15) is 23.9 Å². The number of hydrogen-bond acceptors (Lipinski definition) is 3. The average molecular weight is 375 g/mol. The Kier molecular flexibility index (Phi) is 5.16. The van der Waals surface area contributed by atoms with Crippen LogP contribution in [0.5, 0.6) is 0 Å². The highest BCUT2D eigenvalue weighted by molar-refractivity contribution is 5.89. The van der Waals surface area contributed by atoms with E-state index >= 15 is 0 Å². The Morgan fingerprint density at radius 3 is 2.74 bits per heavy atom. The Balaban J connectivity index is 1.82. The zero-order valence-electron chi connectivity index (χ0n) is 15.2. The van der Waals surface area contributed by atoms with Crippen molar-refractivity contribution in [3.05, 3.63) is 35.8 Å². The number of rotatable bonds is 5. The number of carboxylic acid groups (broad SMARTS) is 1. The van der Waals surface area contributed by atoms with E-state index in [-0.39, 0.29) is 36.5 Å². The van der Waals surface area contributed by atoms with Crippen LogP contribution in [0.3, 0.4) is 0 Å². The fraction of sp³-hybridized carbons (Fsp3) is 0.421. The van der Waals surface area contributed by atoms with Gasteiger partial charge in [-0.3, -0.25) is 14.4 Å². The summed E-state index contributed by atoms with van der Waals surface area (Å²) in [7, 11) is 0. The predicted octanol–water partition coefficient (Wildman–Crippen LogP) is 1.53. The number of amides is 2. The van der Waals surface area contributed by atoms with Crippen molar-refractivity contribution in [1.82, 2.24) is 15.2 Å². The lowest BCUT2D eigenvalue weighted by Crippen LogP contribution is -2.48. The molecular weight excluding hydrogens is 353 g/mol. The summed E-state index contributed by atoms with van der Waals surface area (Å²) in [5.41, 5.74) is 1.39. The molecule has 2 heterocycles. The Morgan fingerprint density at radius 2 is 2.11 bits per heavy atom. The molecule has 1 saturated heterocycles. The van der Waals surface area contributed by atoms with E-state index in [1.807, 2.05) is 0 Å². The Hall–Kier alpha value is -2.90. The third-order valence-corrected chi connectivity index (χ3v) is 5.07. The molecule has 3 N–H and O–H groups in total. The number of likely N-dealkylation sites (tertiary alicyclic amines) is 1. The minimum atomic E-state index is -0.924. The first-order valence-electron chi connectivity index (χ1n) is 8.80. The number of benzene rings is 1. The summed E-state index contributed by atoms with van der Waals surface area (Å²) in [6, 6.07) is 3.53. The molecule has 0 saturated carbocycles. The topological polar surface area (TPSA) is 103 Å². The third-order valence-electron chi connectivity index (χ3n) is 5.07. The SMILES string of the molecule is CC(=O)NC(Cc1c[nH]c2cc(F)ccc12)C(=O)N1C[C@@H](C)[C@H](C(=O)O)C1. The number of aromatic amines is 1. The largest absolute Gasteiger partial charge is 0.481 e. The summed E-state index contributed by atoms with van der Waals surface area (Å²) in [5, 5.41) is 12.7. The smallest absolute Gasteiger partial charge is 0.308 e. The van der Waals surface area contributed by atoms with Gasteiger partial charge in [-0.2, -0.15) is 0 Å². The van der Waals surface area contributed by atoms with Gasteiger partial charge in [0.05, 0.1) is 5.92 Å². The second-order valence-corrected chi connectivity index (χ2v) is 7.13. The van der Waals surface area contributed by atoms with E-state index in [1.54, 1.807) is 19.2 Å². The molecule has 1 unspecified atom stereocenters. The van der Waals surface area contributed by atoms with E-state index in [0.717, 1.165) is 10.9 Å². The van der Waals surface area contributed by atoms with E-state index in [4.69, 9.17) is 0 Å². The van der Waals surface area contributed by atoms with Crippen LogP contribution in [-0.2, 0) is 20.8 Å². The van der Waals surface area contributed by atoms with Gasteiger partial charge in [-0.1, -0.05) is 6.92 Å². The van der Waals surface area contributed by atoms with Gasteiger partial charge in [-0.05, 0) is 29.7 Å². The fourth-order valence-electron chi connectivity index (χ4n) is 3.68. The van der Waals surface area contributed by atoms with E-state index < -0.39 is 17.9 Å². The van der Waals surface area contributed by atoms with Gasteiger partial charge in [0, 0.05) is 43.5 Å². The van der Waals surface area contributed by atoms with Crippen molar-refractivity contribution in [2.75, 3.05) is 13.1 Å². The van der Waals surface area contributed by atoms with Crippen LogP contribution in [0.2, 0.25) is 0 Å². The van der Waals surface area contributed by atoms with Gasteiger partial charge in [-0.15, -0.1) is 0 Å². The summed E-state index contributed by atoms with van der Waals surface area (Å²) in [6.07, 6.45) is 1.92. The molecule has 0 aliphatic carbocycles. The van der Waals surface area contributed by atoms with Gasteiger partial charge >= 0.3 is 5.97 Å². The van der Waals surface area contributed by atoms with Crippen molar-refractivity contribution in [2.45, 2.75) is 26.3 Å². The number of carbonyl (C=O) groups excluding carboxylic acids is 2. The second kappa shape index (κ2) is 7.38. The van der Waals surface area contributed by atoms with Crippen molar-refractivity contribution in [1.29, 1.82) is 0 Å². The number of nitrogens with zero attached hydrogens (tertiary/aromatic N) is 1. The number of carboxylic acids is 1. The minimum Gasteiger partial charge on any atom is -0.481 e. The quantitative estimate of drug-likeness (QED) is 0.737. The molecule has 0 radical (unpaired) electrons. The first kappa shape index (κ1) is 18.9. The highest BCUT2D eigenvalue weighted by atomic mass is 19.1. The Morgan fingerprint density at radius 1 is 1.37 bits per heavy atom. The first-order valence-corrected chi connectivity index (χ1v) is 8.80. The lowest BCUT2D eigenvalue weighted by molar-refractivity contribution is -0.142. The number of carbonyl (C=O) groups is 3. The molecule has 2 aromatic rings. The molecular formula is C19H22FN3O4. The van der Waals surface area contributed by atoms with Gasteiger partial charge in [-0.25, -0.2) is 4.39 Å². The summed E-state index contributed by atoms with van der Waals surface area (Å²) < 4.78 is 13.4. The number of nitrogens with one attached hydrogen (secondary N) is 2. The maximum Gasteiger partial charge on any atom is 0.308 e. The van der Waals surface area contributed by atoms with Crippen LogP contribution >= 0.6 is 0 Å². The number of aliphatic carboxylic acids is 1. The van der Waals surface area contributed by atoms with Gasteiger partial charge in [0.25, 0.3) is 0 Å². The zero-order chi connectivity index (χ0) is 19.7. The lowest BCUT2D eigenvalue weighted by Gasteiger charge is -2.24. The number of H-pyrrole nitrogens is 1. The third kappa shape index (κ3) is 3.94. The summed E-state index contributed by atoms with van der Waals surface area (Å²) >= 11 is 0. The molecule has 0 spiro atoms. The molecule has 8 heteroatoms. The van der Waals surface area contributed by atoms with Crippen LogP contribution in [0, 0.1) is 17.7 Å². The monoisotopic (exact) mass is 375 g/mol. The lowest BCUT2D eigenvalue weighted by atomic mass is 9.99. The summed E-state index contributed by atoms with van der Waals surface area (Å²) in [4.78, 5) is 40.4. The highest BCUT2D eigenvalue weighted by Crippen LogP contribution is 2.25. The Labute approximate surface area is 155 Å². The second-order valence-electron chi connectivity index (χ2n) is 7.13. The fourth-order valence-corrected chi connectivity index (χ4v) is 3.68. The number of aromatic nitrogens is 1. The van der Waals surface area contributed by atoms with E-state index in [2.05, 4.69) is 10.3 Å². The maximum atomic E-state index is 13.4. The Bertz CT molecular complexity index is 894. The van der Waals surface area contributed by atoms with Crippen molar-refractivity contribution in [3.63, 3.8) is 0 Å². The van der Waals surface area contributed by atoms with E-state index in [1.165, 1.54) is 24.0 Å². The molecule has 1 aliphatic heterocycles. The first-order chi connectivity index (χ1) is 12.8. The number of halogens is 1. The summed E-state index contributed by atoms with van der Waals surface area (Å²) in [6.45, 7) is 3.60. The molecule has 7 nitrogen and oxygen atoms in total. The van der Waals surface area contributed by atoms with Gasteiger partial charge < -0.3 is 20.3 Å². The molecule has 27 heavy (non-hydrogen) atoms. The maximum absolute atomic E-state index is 13.4. The minimum absolute atomic E-state index is 0.129. The molecule has 3 atom stereocenters. The van der Waals surface area contributed by atoms with Crippen molar-refractivity contribution in [2.24, 2.45) is 11.8 Å². The number of hydrogen-bond donors (Lipinski definition) is 3.